The smallest absolute Gasteiger partial charge is 0.336 e. The first-order valence-corrected chi connectivity index (χ1v) is 10.1. The van der Waals surface area contributed by atoms with E-state index in [1.165, 1.54) is 0 Å². The number of carbonyl (C=O) groups is 1. The Morgan fingerprint density at radius 2 is 2.19 bits per heavy atom. The normalized spacial score (nSPS) is 15.3. The van der Waals surface area contributed by atoms with Crippen LogP contribution in [0.3, 0.4) is 0 Å². The molecule has 0 spiro atoms. The molecule has 0 aliphatic carbocycles. The second-order valence-electron chi connectivity index (χ2n) is 6.80. The number of carboxylic acids is 1. The van der Waals surface area contributed by atoms with E-state index in [4.69, 9.17) is 4.74 Å². The number of carboxylic acid groups (broad SMARTS) is 1. The van der Waals surface area contributed by atoms with Gasteiger partial charge >= 0.3 is 5.97 Å². The standard InChI is InChI=1S/C20H23N3O3S/c1-3-22(15-4-7-26-8-5-15)19-13(2)17(20(24)25)11-16-10-14(12-23(16)19)18-21-6-9-27-18/h6,9-12,15H,3-5,7-8H2,1-2H3,(H,24,25). The first-order valence-electron chi connectivity index (χ1n) is 9.23. The quantitative estimate of drug-likeness (QED) is 0.717. The maximum Gasteiger partial charge on any atom is 0.336 e. The fourth-order valence-electron chi connectivity index (χ4n) is 3.97. The summed E-state index contributed by atoms with van der Waals surface area (Å²) in [5.74, 6) is 0.0679. The fraction of sp³-hybridized carbons (Fsp3) is 0.400. The number of aromatic carboxylic acids is 1. The van der Waals surface area contributed by atoms with Crippen LogP contribution in [0.1, 0.15) is 35.7 Å². The van der Waals surface area contributed by atoms with Crippen molar-refractivity contribution in [1.29, 1.82) is 0 Å². The van der Waals surface area contributed by atoms with Gasteiger partial charge in [0, 0.05) is 60.2 Å². The van der Waals surface area contributed by atoms with Crippen LogP contribution in [0.5, 0.6) is 0 Å². The molecule has 0 atom stereocenters. The maximum atomic E-state index is 11.9. The minimum absolute atomic E-state index is 0.348. The third-order valence-electron chi connectivity index (χ3n) is 5.26. The lowest BCUT2D eigenvalue weighted by Crippen LogP contribution is -2.41. The minimum Gasteiger partial charge on any atom is -0.478 e. The largest absolute Gasteiger partial charge is 0.478 e. The summed E-state index contributed by atoms with van der Waals surface area (Å²) in [5, 5.41) is 12.6. The van der Waals surface area contributed by atoms with Crippen LogP contribution in [0.4, 0.5) is 5.82 Å². The van der Waals surface area contributed by atoms with Gasteiger partial charge in [-0.25, -0.2) is 9.78 Å². The summed E-state index contributed by atoms with van der Waals surface area (Å²) in [5.41, 5.74) is 3.04. The zero-order chi connectivity index (χ0) is 19.0. The molecule has 6 nitrogen and oxygen atoms in total. The number of thiazole rings is 1. The topological polar surface area (TPSA) is 67.1 Å². The van der Waals surface area contributed by atoms with Gasteiger partial charge in [0.15, 0.2) is 0 Å². The summed E-state index contributed by atoms with van der Waals surface area (Å²) < 4.78 is 7.65. The van der Waals surface area contributed by atoms with Gasteiger partial charge in [-0.2, -0.15) is 0 Å². The Morgan fingerprint density at radius 1 is 1.41 bits per heavy atom. The molecule has 1 aliphatic rings. The molecule has 0 saturated carbocycles. The third-order valence-corrected chi connectivity index (χ3v) is 6.09. The van der Waals surface area contributed by atoms with Gasteiger partial charge in [-0.05, 0) is 38.8 Å². The van der Waals surface area contributed by atoms with Crippen molar-refractivity contribution in [2.24, 2.45) is 0 Å². The Kier molecular flexibility index (Phi) is 4.88. The molecule has 1 aliphatic heterocycles. The van der Waals surface area contributed by atoms with Gasteiger partial charge in [0.25, 0.3) is 0 Å². The van der Waals surface area contributed by atoms with Gasteiger partial charge in [0.05, 0.1) is 5.56 Å². The van der Waals surface area contributed by atoms with E-state index >= 15 is 0 Å². The number of aromatic nitrogens is 2. The third kappa shape index (κ3) is 3.21. The van der Waals surface area contributed by atoms with Crippen LogP contribution in [0.25, 0.3) is 16.1 Å². The van der Waals surface area contributed by atoms with Crippen molar-refractivity contribution >= 4 is 28.6 Å². The number of hydrogen-bond acceptors (Lipinski definition) is 5. The minimum atomic E-state index is -0.892. The molecule has 0 aromatic carbocycles. The van der Waals surface area contributed by atoms with Gasteiger partial charge < -0.3 is 19.1 Å². The summed E-state index contributed by atoms with van der Waals surface area (Å²) >= 11 is 1.58. The molecule has 3 aromatic heterocycles. The van der Waals surface area contributed by atoms with Crippen molar-refractivity contribution < 1.29 is 14.6 Å². The van der Waals surface area contributed by atoms with E-state index in [1.807, 2.05) is 18.4 Å². The van der Waals surface area contributed by atoms with E-state index in [0.29, 0.717) is 11.6 Å². The second kappa shape index (κ2) is 7.32. The van der Waals surface area contributed by atoms with E-state index in [0.717, 1.165) is 60.1 Å². The molecule has 0 amide bonds. The first kappa shape index (κ1) is 18.0. The number of hydrogen-bond donors (Lipinski definition) is 1. The molecule has 1 fully saturated rings. The average molecular weight is 385 g/mol. The van der Waals surface area contributed by atoms with Crippen LogP contribution >= 0.6 is 11.3 Å². The highest BCUT2D eigenvalue weighted by atomic mass is 32.1. The van der Waals surface area contributed by atoms with Crippen LogP contribution < -0.4 is 4.90 Å². The monoisotopic (exact) mass is 385 g/mol. The van der Waals surface area contributed by atoms with E-state index in [2.05, 4.69) is 27.4 Å². The van der Waals surface area contributed by atoms with Crippen molar-refractivity contribution in [3.05, 3.63) is 41.0 Å². The molecule has 4 rings (SSSR count). The number of anilines is 1. The molecule has 142 valence electrons. The number of pyridine rings is 1. The van der Waals surface area contributed by atoms with Gasteiger partial charge in [-0.3, -0.25) is 0 Å². The van der Waals surface area contributed by atoms with E-state index < -0.39 is 5.97 Å². The number of nitrogens with zero attached hydrogens (tertiary/aromatic N) is 3. The van der Waals surface area contributed by atoms with Gasteiger partial charge in [-0.15, -0.1) is 11.3 Å². The Morgan fingerprint density at radius 3 is 2.81 bits per heavy atom. The van der Waals surface area contributed by atoms with Crippen molar-refractivity contribution in [3.63, 3.8) is 0 Å². The summed E-state index contributed by atoms with van der Waals surface area (Å²) in [7, 11) is 0. The zero-order valence-electron chi connectivity index (χ0n) is 15.5. The highest BCUT2D eigenvalue weighted by Crippen LogP contribution is 2.33. The van der Waals surface area contributed by atoms with Crippen molar-refractivity contribution in [1.82, 2.24) is 9.38 Å². The fourth-order valence-corrected chi connectivity index (χ4v) is 4.59. The first-order chi connectivity index (χ1) is 13.1. The predicted octanol–water partition coefficient (Wildman–Crippen LogP) is 4.07. The Bertz CT molecular complexity index is 959. The molecule has 4 heterocycles. The average Bonchev–Trinajstić information content (AvgIpc) is 3.33. The second-order valence-corrected chi connectivity index (χ2v) is 7.70. The lowest BCUT2D eigenvalue weighted by molar-refractivity contribution is 0.0695. The Balaban J connectivity index is 1.92. The van der Waals surface area contributed by atoms with Crippen molar-refractivity contribution in [3.8, 4) is 10.6 Å². The number of rotatable bonds is 5. The van der Waals surface area contributed by atoms with E-state index in [1.54, 1.807) is 23.6 Å². The zero-order valence-corrected chi connectivity index (χ0v) is 16.3. The summed E-state index contributed by atoms with van der Waals surface area (Å²) in [6.07, 6.45) is 5.76. The van der Waals surface area contributed by atoms with Crippen LogP contribution in [0.15, 0.2) is 29.9 Å². The maximum absolute atomic E-state index is 11.9. The Hall–Kier alpha value is -2.38. The highest BCUT2D eigenvalue weighted by molar-refractivity contribution is 7.13. The molecule has 1 N–H and O–H groups in total. The van der Waals surface area contributed by atoms with Gasteiger partial charge in [-0.1, -0.05) is 0 Å². The number of fused-ring (bicyclic) bond motifs is 1. The molecular formula is C20H23N3O3S. The van der Waals surface area contributed by atoms with Crippen LogP contribution in [-0.2, 0) is 4.74 Å². The van der Waals surface area contributed by atoms with Crippen LogP contribution in [-0.4, -0.2) is 46.3 Å². The molecule has 0 bridgehead atoms. The van der Waals surface area contributed by atoms with Gasteiger partial charge in [0.1, 0.15) is 10.8 Å². The highest BCUT2D eigenvalue weighted by Gasteiger charge is 2.26. The van der Waals surface area contributed by atoms with E-state index in [9.17, 15) is 9.90 Å². The lowest BCUT2D eigenvalue weighted by Gasteiger charge is -2.36. The number of ether oxygens (including phenoxy) is 1. The lowest BCUT2D eigenvalue weighted by atomic mass is 10.0. The van der Waals surface area contributed by atoms with E-state index in [-0.39, 0.29) is 0 Å². The van der Waals surface area contributed by atoms with Gasteiger partial charge in [0.2, 0.25) is 0 Å². The molecule has 1 saturated heterocycles. The Labute approximate surface area is 162 Å². The van der Waals surface area contributed by atoms with Crippen molar-refractivity contribution in [2.75, 3.05) is 24.7 Å². The molecule has 0 radical (unpaired) electrons. The van der Waals surface area contributed by atoms with Crippen molar-refractivity contribution in [2.45, 2.75) is 32.7 Å². The summed E-state index contributed by atoms with van der Waals surface area (Å²) in [4.78, 5) is 18.6. The molecule has 27 heavy (non-hydrogen) atoms. The van der Waals surface area contributed by atoms with Crippen LogP contribution in [0, 0.1) is 6.92 Å². The molecule has 3 aromatic rings. The molecular weight excluding hydrogens is 362 g/mol. The summed E-state index contributed by atoms with van der Waals surface area (Å²) in [6.45, 7) is 6.34. The summed E-state index contributed by atoms with van der Waals surface area (Å²) in [6, 6.07) is 4.13. The molecule has 0 unspecified atom stereocenters. The predicted molar refractivity (Wildman–Crippen MR) is 107 cm³/mol. The SMILES string of the molecule is CCN(c1c(C)c(C(=O)O)cc2cc(-c3nccs3)cn12)C1CCOCC1. The van der Waals surface area contributed by atoms with Crippen LogP contribution in [0.2, 0.25) is 0 Å². The molecule has 7 heteroatoms.